The smallest absolute Gasteiger partial charge is 0.417 e. The maximum atomic E-state index is 12.5. The first-order valence-electron chi connectivity index (χ1n) is 37.1. The molecule has 0 aromatic heterocycles. The second-order valence-electron chi connectivity index (χ2n) is 25.4. The number of carbonyl (C=O) groups excluding carboxylic acids is 4. The van der Waals surface area contributed by atoms with Crippen molar-refractivity contribution < 1.29 is 116 Å². The van der Waals surface area contributed by atoms with Crippen molar-refractivity contribution in [3.05, 3.63) is 361 Å². The largest absolute Gasteiger partial charge is 0.508 e. The average Bonchev–Trinajstić information content (AvgIpc) is 0.808. The summed E-state index contributed by atoms with van der Waals surface area (Å²) < 4.78 is 68.8. The molecule has 23 nitrogen and oxygen atoms in total. The highest BCUT2D eigenvalue weighted by Gasteiger charge is 2.36. The van der Waals surface area contributed by atoms with Gasteiger partial charge in [-0.2, -0.15) is 23.7 Å². The van der Waals surface area contributed by atoms with Crippen molar-refractivity contribution in [2.45, 2.75) is 54.6 Å². The van der Waals surface area contributed by atoms with E-state index in [9.17, 15) is 56.3 Å². The van der Waals surface area contributed by atoms with Crippen molar-refractivity contribution in [3.63, 3.8) is 0 Å². The van der Waals surface area contributed by atoms with Crippen molar-refractivity contribution in [1.29, 1.82) is 10.5 Å². The highest BCUT2D eigenvalue weighted by molar-refractivity contribution is 14.1. The highest BCUT2D eigenvalue weighted by Crippen LogP contribution is 2.37. The van der Waals surface area contributed by atoms with Gasteiger partial charge in [0, 0.05) is 51.1 Å². The van der Waals surface area contributed by atoms with Gasteiger partial charge >= 0.3 is 59.9 Å². The molecule has 0 fully saturated rings. The number of halogens is 21. The number of aromatic hydroxyl groups is 2. The van der Waals surface area contributed by atoms with Crippen LogP contribution in [0, 0.1) is 57.5 Å². The Bertz CT molecular complexity index is 6000. The summed E-state index contributed by atoms with van der Waals surface area (Å²) in [6, 6.07) is 48.9. The molecule has 0 unspecified atom stereocenters. The number of hydrogen-bond acceptors (Lipinski definition) is 18. The fourth-order valence-corrected chi connectivity index (χ4v) is 15.0. The fourth-order valence-electron chi connectivity index (χ4n) is 9.10. The summed E-state index contributed by atoms with van der Waals surface area (Å²) in [5, 5.41) is 80.2. The predicted octanol–water partition coefficient (Wildman–Crippen LogP) is 31.9. The zero-order chi connectivity index (χ0) is 104. The number of ether oxygens (including phenoxy) is 5. The van der Waals surface area contributed by atoms with Crippen LogP contribution >= 0.6 is 265 Å². The molecule has 0 spiro atoms. The molecule has 11 aromatic carbocycles. The lowest BCUT2D eigenvalue weighted by Crippen LogP contribution is -2.14. The van der Waals surface area contributed by atoms with Crippen LogP contribution in [0.5, 0.6) is 17.2 Å². The van der Waals surface area contributed by atoms with Gasteiger partial charge in [-0.25, -0.2) is 43.2 Å². The topological polar surface area (TPSA) is 389 Å². The molecule has 0 amide bonds. The van der Waals surface area contributed by atoms with E-state index < -0.39 is 53.1 Å². The van der Waals surface area contributed by atoms with Crippen LogP contribution in [0.1, 0.15) is 153 Å². The zero-order valence-electron chi connectivity index (χ0n) is 71.0. The lowest BCUT2D eigenvalue weighted by Gasteiger charge is -2.11. The number of nitriles is 2. The summed E-state index contributed by atoms with van der Waals surface area (Å²) in [6.45, 7) is 17.9. The molecule has 11 aromatic rings. The first kappa shape index (κ1) is 126. The van der Waals surface area contributed by atoms with E-state index in [0.29, 0.717) is 93.5 Å². The van der Waals surface area contributed by atoms with Crippen LogP contribution < -0.4 is 4.74 Å². The van der Waals surface area contributed by atoms with Gasteiger partial charge in [0.2, 0.25) is 0 Å². The number of phenols is 2. The van der Waals surface area contributed by atoms with E-state index in [1.54, 1.807) is 64.1 Å². The van der Waals surface area contributed by atoms with Crippen LogP contribution in [-0.4, -0.2) is 123 Å². The maximum Gasteiger partial charge on any atom is 0.417 e. The molecule has 0 saturated heterocycles. The number of hydrogen-bond donors (Lipinski definition) is 7. The third kappa shape index (κ3) is 45.6. The molecular weight excluding hydrogens is 2700 g/mol. The second kappa shape index (κ2) is 64.5. The number of alkyl halides is 3. The number of aryl methyl sites for hydroxylation is 4. The molecule has 0 heterocycles. The minimum absolute atomic E-state index is 0.0351. The highest BCUT2D eigenvalue weighted by atomic mass is 127. The van der Waals surface area contributed by atoms with Gasteiger partial charge in [-0.1, -0.05) is 203 Å². The molecule has 0 aliphatic rings. The fraction of sp³-hybridized carbons (Fsp3) is 0.141. The Morgan fingerprint density at radius 2 is 0.801 bits per heavy atom. The SMILES string of the molecule is C=CCOc1cc(Cl)c(C(=O)O)cc1Br.CCOC(=O)c1cc(Br)ccc1C.CCOC(=O)c1cc(Br)ccc1I.CCOC(=O)c1cc(I)ccc1C.COC(=O)c1cc(Br)ccc1C(F)(F)F.Cc1cc(Cl)c(C(=O)O)cc1Br.Cc1ccc(Br)cc1C(=O)O.N#Cc1cc(Br)c(O)cc1Cl.N#Cc1ccc(O)cc1Cl.O=C(O)c1cc(Br)c(Cl)cc1Cl.O=C(O)c1ccc(Cl)cc1Cl. The standard InChI is InChI=1S/C10H8BrClO3.C10H11BrO2.C10H11IO2.C9H6BrF3O2.C9H8BrIO2.C8H6BrClO2.C8H7BrO2.C7H3BrCl2O2.C7H3BrClNO.C7H4Cl2O2.C7H4ClNO/c1-2-3-15-9-5-8(12)6(10(13)14)4-7(9)11;2*1-3-13-10(12)9-6-8(11)5-4-7(9)2;1-15-8(14)6-4-5(10)2-3-7(6)9(11,12)13;1-2-13-9(12)7-5-6(10)3-4-8(7)11;1-4-2-7(10)5(8(11)12)3-6(4)9;1-5-2-3-6(9)4-7(5)8(10)11;8-4-1-3(7(11)12)5(9)2-6(4)10;8-5-1-4(3-10)6(9)2-7(5)11;8-4-1-2-5(7(10)11)6(9)3-4;8-7-3-6(10)2-1-5(7)4-9/h2,4-5H,1,3H2,(H,13,14);2*4-6H,3H2,1-2H3;2-4H,1H3;3-5H,2H2,1H3;2-3H,1H3,(H,11,12);2-4H,1H3,(H,10,11);1-2H,(H,11,12);1-2,11H;1-3H,(H,10,11);1-3,10H. The number of carboxylic acids is 5. The summed E-state index contributed by atoms with van der Waals surface area (Å²) in [4.78, 5) is 98.0. The number of esters is 4. The van der Waals surface area contributed by atoms with E-state index in [-0.39, 0.29) is 81.8 Å². The second-order valence-corrected chi connectivity index (χ2v) is 38.1. The van der Waals surface area contributed by atoms with Crippen LogP contribution in [0.4, 0.5) is 13.2 Å². The Hall–Kier alpha value is -7.82. The molecular formula is C92H71Br8Cl8F3I2N2O21. The minimum Gasteiger partial charge on any atom is -0.508 e. The molecule has 11 rings (SSSR count). The van der Waals surface area contributed by atoms with Gasteiger partial charge in [0.15, 0.2) is 0 Å². The summed E-state index contributed by atoms with van der Waals surface area (Å²) in [6.07, 6.45) is -2.98. The number of phenolic OH excluding ortho intramolecular Hbond substituents is 2. The monoisotopic (exact) mass is 2760 g/mol. The van der Waals surface area contributed by atoms with Crippen LogP contribution in [-0.2, 0) is 25.1 Å². The third-order valence-corrected chi connectivity index (χ3v) is 24.7. The van der Waals surface area contributed by atoms with E-state index in [4.69, 9.17) is 158 Å². The van der Waals surface area contributed by atoms with Crippen LogP contribution in [0.3, 0.4) is 0 Å². The van der Waals surface area contributed by atoms with Crippen molar-refractivity contribution in [2.24, 2.45) is 0 Å². The molecule has 722 valence electrons. The van der Waals surface area contributed by atoms with Gasteiger partial charge in [0.1, 0.15) is 36.0 Å². The first-order chi connectivity index (χ1) is 63.5. The number of nitrogens with zero attached hydrogens (tertiary/aromatic N) is 2. The van der Waals surface area contributed by atoms with Gasteiger partial charge < -0.3 is 59.4 Å². The van der Waals surface area contributed by atoms with Crippen molar-refractivity contribution >= 4 is 319 Å². The number of aromatic carboxylic acids is 5. The van der Waals surface area contributed by atoms with Gasteiger partial charge in [-0.3, -0.25) is 0 Å². The van der Waals surface area contributed by atoms with Crippen molar-refractivity contribution in [3.8, 4) is 29.4 Å². The van der Waals surface area contributed by atoms with Crippen molar-refractivity contribution in [2.75, 3.05) is 33.5 Å². The lowest BCUT2D eigenvalue weighted by atomic mass is 10.1. The summed E-state index contributed by atoms with van der Waals surface area (Å²) >= 11 is 74.7. The molecule has 0 bridgehead atoms. The lowest BCUT2D eigenvalue weighted by molar-refractivity contribution is -0.138. The Morgan fingerprint density at radius 1 is 0.397 bits per heavy atom. The zero-order valence-corrected chi connectivity index (χ0v) is 94.1. The van der Waals surface area contributed by atoms with E-state index in [2.05, 4.69) is 184 Å². The van der Waals surface area contributed by atoms with E-state index in [1.165, 1.54) is 84.9 Å². The predicted molar refractivity (Wildman–Crippen MR) is 564 cm³/mol. The normalized spacial score (nSPS) is 9.82. The Morgan fingerprint density at radius 3 is 1.25 bits per heavy atom. The summed E-state index contributed by atoms with van der Waals surface area (Å²) in [7, 11) is 1.03. The van der Waals surface area contributed by atoms with Crippen LogP contribution in [0.15, 0.2) is 224 Å². The number of methoxy groups -OCH3 is 1. The van der Waals surface area contributed by atoms with E-state index in [1.807, 2.05) is 81.4 Å². The number of carboxylic acid groups (broad SMARTS) is 5. The molecule has 0 saturated carbocycles. The first-order valence-corrected chi connectivity index (χ1v) is 48.6. The number of rotatable bonds is 15. The van der Waals surface area contributed by atoms with Crippen LogP contribution in [0.2, 0.25) is 40.2 Å². The summed E-state index contributed by atoms with van der Waals surface area (Å²) in [5.74, 6) is -6.27. The molecule has 0 radical (unpaired) electrons. The maximum absolute atomic E-state index is 12.5. The number of benzene rings is 11. The van der Waals surface area contributed by atoms with Gasteiger partial charge in [-0.05, 0) is 309 Å². The molecule has 44 heteroatoms. The molecule has 136 heavy (non-hydrogen) atoms. The minimum atomic E-state index is -4.57. The summed E-state index contributed by atoms with van der Waals surface area (Å²) in [5.41, 5.74) is 5.30. The van der Waals surface area contributed by atoms with Crippen LogP contribution in [0.25, 0.3) is 0 Å². The molecule has 0 aliphatic carbocycles. The Labute approximate surface area is 913 Å². The Balaban J connectivity index is 0.000000749. The third-order valence-electron chi connectivity index (χ3n) is 15.7. The molecule has 0 atom stereocenters. The number of carbonyl (C=O) groups is 9. The molecule has 0 aliphatic heterocycles. The van der Waals surface area contributed by atoms with Gasteiger partial charge in [0.05, 0.1) is 138 Å². The van der Waals surface area contributed by atoms with E-state index >= 15 is 0 Å². The van der Waals surface area contributed by atoms with Gasteiger partial charge in [0.25, 0.3) is 0 Å². The van der Waals surface area contributed by atoms with Crippen molar-refractivity contribution in [1.82, 2.24) is 0 Å². The van der Waals surface area contributed by atoms with E-state index in [0.717, 1.165) is 66.5 Å². The van der Waals surface area contributed by atoms with Gasteiger partial charge in [-0.15, -0.1) is 0 Å². The quantitative estimate of drug-likeness (QED) is 0.0165. The Kier molecular flexibility index (Phi) is 59.8. The average molecular weight is 2770 g/mol. The molecule has 7 N–H and O–H groups in total.